The van der Waals surface area contributed by atoms with Gasteiger partial charge in [0.2, 0.25) is 0 Å². The summed E-state index contributed by atoms with van der Waals surface area (Å²) in [7, 11) is 0. The highest BCUT2D eigenvalue weighted by molar-refractivity contribution is 5.74. The Morgan fingerprint density at radius 3 is 2.75 bits per heavy atom. The molecular formula is C18H28N2O4. The van der Waals surface area contributed by atoms with Crippen molar-refractivity contribution in [3.8, 4) is 0 Å². The fourth-order valence-corrected chi connectivity index (χ4v) is 3.98. The van der Waals surface area contributed by atoms with E-state index in [-0.39, 0.29) is 29.7 Å². The van der Waals surface area contributed by atoms with Crippen molar-refractivity contribution in [3.05, 3.63) is 23.7 Å². The Kier molecular flexibility index (Phi) is 4.88. The number of ether oxygens (including phenoxy) is 1. The molecule has 2 heterocycles. The van der Waals surface area contributed by atoms with Crippen LogP contribution in [0.5, 0.6) is 0 Å². The van der Waals surface area contributed by atoms with Gasteiger partial charge in [-0.05, 0) is 45.7 Å². The van der Waals surface area contributed by atoms with Crippen LogP contribution < -0.4 is 5.32 Å². The lowest BCUT2D eigenvalue weighted by Gasteiger charge is -2.56. The molecule has 2 aliphatic rings. The van der Waals surface area contributed by atoms with Gasteiger partial charge < -0.3 is 24.5 Å². The van der Waals surface area contributed by atoms with Crippen molar-refractivity contribution in [1.29, 1.82) is 0 Å². The molecule has 1 spiro atoms. The van der Waals surface area contributed by atoms with Gasteiger partial charge in [0, 0.05) is 31.5 Å². The molecule has 6 heteroatoms. The van der Waals surface area contributed by atoms with Gasteiger partial charge in [-0.25, -0.2) is 4.79 Å². The Morgan fingerprint density at radius 1 is 1.50 bits per heavy atom. The smallest absolute Gasteiger partial charge is 0.317 e. The lowest BCUT2D eigenvalue weighted by atomic mass is 9.58. The van der Waals surface area contributed by atoms with Gasteiger partial charge in [-0.3, -0.25) is 0 Å². The zero-order chi connectivity index (χ0) is 17.3. The first-order valence-electron chi connectivity index (χ1n) is 8.87. The van der Waals surface area contributed by atoms with Crippen molar-refractivity contribution < 1.29 is 19.1 Å². The molecule has 3 atom stereocenters. The molecule has 134 valence electrons. The van der Waals surface area contributed by atoms with Gasteiger partial charge in [-0.2, -0.15) is 0 Å². The number of aliphatic hydroxyl groups excluding tert-OH is 1. The van der Waals surface area contributed by atoms with Crippen LogP contribution in [0, 0.1) is 12.3 Å². The summed E-state index contributed by atoms with van der Waals surface area (Å²) in [5, 5.41) is 13.2. The molecule has 2 fully saturated rings. The SMILES string of the molecule is CCO[C@@H]1C[C@@H](O)C12CCN(C(=O)N[C@H](C)c1ccc(C)o1)CC2. The van der Waals surface area contributed by atoms with Gasteiger partial charge in [0.1, 0.15) is 11.5 Å². The quantitative estimate of drug-likeness (QED) is 0.886. The van der Waals surface area contributed by atoms with Gasteiger partial charge in [0.05, 0.1) is 18.2 Å². The third kappa shape index (κ3) is 3.05. The second kappa shape index (κ2) is 6.76. The number of urea groups is 1. The highest BCUT2D eigenvalue weighted by Gasteiger charge is 2.56. The molecule has 0 aromatic carbocycles. The fraction of sp³-hybridized carbons (Fsp3) is 0.722. The van der Waals surface area contributed by atoms with Crippen LogP contribution in [-0.2, 0) is 4.74 Å². The molecule has 24 heavy (non-hydrogen) atoms. The van der Waals surface area contributed by atoms with E-state index < -0.39 is 0 Å². The van der Waals surface area contributed by atoms with Crippen molar-refractivity contribution in [2.24, 2.45) is 5.41 Å². The number of nitrogens with one attached hydrogen (secondary N) is 1. The summed E-state index contributed by atoms with van der Waals surface area (Å²) in [5.74, 6) is 1.60. The van der Waals surface area contributed by atoms with Crippen molar-refractivity contribution >= 4 is 6.03 Å². The molecule has 1 aromatic heterocycles. The van der Waals surface area contributed by atoms with Crippen LogP contribution in [-0.4, -0.2) is 47.9 Å². The Balaban J connectivity index is 1.53. The van der Waals surface area contributed by atoms with E-state index in [1.54, 1.807) is 0 Å². The van der Waals surface area contributed by atoms with Gasteiger partial charge in [0.15, 0.2) is 0 Å². The number of carbonyl (C=O) groups is 1. The maximum absolute atomic E-state index is 12.5. The fourth-order valence-electron chi connectivity index (χ4n) is 3.98. The molecular weight excluding hydrogens is 308 g/mol. The number of aryl methyl sites for hydroxylation is 1. The van der Waals surface area contributed by atoms with Gasteiger partial charge in [0.25, 0.3) is 0 Å². The highest BCUT2D eigenvalue weighted by Crippen LogP contribution is 2.50. The van der Waals surface area contributed by atoms with E-state index >= 15 is 0 Å². The number of likely N-dealkylation sites (tertiary alicyclic amines) is 1. The molecule has 0 unspecified atom stereocenters. The minimum atomic E-state index is -0.302. The van der Waals surface area contributed by atoms with E-state index in [0.717, 1.165) is 30.8 Å². The van der Waals surface area contributed by atoms with Gasteiger partial charge in [-0.15, -0.1) is 0 Å². The van der Waals surface area contributed by atoms with E-state index in [4.69, 9.17) is 9.15 Å². The maximum atomic E-state index is 12.5. The van der Waals surface area contributed by atoms with Crippen LogP contribution >= 0.6 is 0 Å². The summed E-state index contributed by atoms with van der Waals surface area (Å²) < 4.78 is 11.3. The molecule has 1 aliphatic carbocycles. The Labute approximate surface area is 143 Å². The number of hydrogen-bond donors (Lipinski definition) is 2. The number of amides is 2. The van der Waals surface area contributed by atoms with E-state index in [2.05, 4.69) is 5.32 Å². The monoisotopic (exact) mass is 336 g/mol. The Hall–Kier alpha value is -1.53. The third-order valence-corrected chi connectivity index (χ3v) is 5.62. The second-order valence-corrected chi connectivity index (χ2v) is 7.04. The van der Waals surface area contributed by atoms with E-state index in [1.807, 2.05) is 37.8 Å². The predicted molar refractivity (Wildman–Crippen MR) is 89.7 cm³/mol. The number of hydrogen-bond acceptors (Lipinski definition) is 4. The number of rotatable bonds is 4. The van der Waals surface area contributed by atoms with Crippen LogP contribution in [0.25, 0.3) is 0 Å². The average Bonchev–Trinajstić information content (AvgIpc) is 3.01. The highest BCUT2D eigenvalue weighted by atomic mass is 16.5. The Bertz CT molecular complexity index is 575. The number of carbonyl (C=O) groups excluding carboxylic acids is 1. The van der Waals surface area contributed by atoms with Crippen LogP contribution in [0.3, 0.4) is 0 Å². The number of nitrogens with zero attached hydrogens (tertiary/aromatic N) is 1. The second-order valence-electron chi connectivity index (χ2n) is 7.04. The first-order chi connectivity index (χ1) is 11.5. The zero-order valence-corrected chi connectivity index (χ0v) is 14.7. The van der Waals surface area contributed by atoms with Gasteiger partial charge >= 0.3 is 6.03 Å². The largest absolute Gasteiger partial charge is 0.464 e. The normalized spacial score (nSPS) is 26.9. The Morgan fingerprint density at radius 2 is 2.21 bits per heavy atom. The molecule has 2 N–H and O–H groups in total. The molecule has 1 saturated carbocycles. The average molecular weight is 336 g/mol. The van der Waals surface area contributed by atoms with E-state index in [9.17, 15) is 9.90 Å². The third-order valence-electron chi connectivity index (χ3n) is 5.62. The minimum Gasteiger partial charge on any atom is -0.464 e. The molecule has 1 aromatic rings. The molecule has 2 amide bonds. The van der Waals surface area contributed by atoms with Crippen molar-refractivity contribution in [2.75, 3.05) is 19.7 Å². The van der Waals surface area contributed by atoms with Crippen molar-refractivity contribution in [2.45, 2.75) is 58.3 Å². The molecule has 0 bridgehead atoms. The van der Waals surface area contributed by atoms with E-state index in [0.29, 0.717) is 19.7 Å². The number of aliphatic hydroxyl groups is 1. The topological polar surface area (TPSA) is 74.9 Å². The minimum absolute atomic E-state index is 0.0758. The lowest BCUT2D eigenvalue weighted by Crippen LogP contribution is -2.63. The summed E-state index contributed by atoms with van der Waals surface area (Å²) in [6.45, 7) is 7.76. The first kappa shape index (κ1) is 17.3. The van der Waals surface area contributed by atoms with Crippen molar-refractivity contribution in [1.82, 2.24) is 10.2 Å². The number of furan rings is 1. The summed E-state index contributed by atoms with van der Waals surface area (Å²) in [6, 6.07) is 3.55. The van der Waals surface area contributed by atoms with Crippen LogP contribution in [0.4, 0.5) is 4.79 Å². The van der Waals surface area contributed by atoms with Gasteiger partial charge in [-0.1, -0.05) is 0 Å². The van der Waals surface area contributed by atoms with E-state index in [1.165, 1.54) is 0 Å². The summed E-state index contributed by atoms with van der Waals surface area (Å²) in [5.41, 5.74) is -0.156. The van der Waals surface area contributed by atoms with Crippen molar-refractivity contribution in [3.63, 3.8) is 0 Å². The standard InChI is InChI=1S/C18H28N2O4/c1-4-23-16-11-15(21)18(16)7-9-20(10-8-18)17(22)19-13(3)14-6-5-12(2)24-14/h5-6,13,15-16,21H,4,7-11H2,1-3H3,(H,19,22)/t13-,15-,16-/m1/s1. The summed E-state index contributed by atoms with van der Waals surface area (Å²) in [4.78, 5) is 14.3. The first-order valence-corrected chi connectivity index (χ1v) is 8.87. The molecule has 1 aliphatic heterocycles. The molecule has 6 nitrogen and oxygen atoms in total. The zero-order valence-electron chi connectivity index (χ0n) is 14.7. The van der Waals surface area contributed by atoms with Crippen LogP contribution in [0.1, 0.15) is 50.7 Å². The lowest BCUT2D eigenvalue weighted by molar-refractivity contribution is -0.207. The summed E-state index contributed by atoms with van der Waals surface area (Å²) >= 11 is 0. The molecule has 0 radical (unpaired) electrons. The molecule has 3 rings (SSSR count). The maximum Gasteiger partial charge on any atom is 0.317 e. The van der Waals surface area contributed by atoms with Crippen LogP contribution in [0.2, 0.25) is 0 Å². The van der Waals surface area contributed by atoms with Crippen LogP contribution in [0.15, 0.2) is 16.5 Å². The molecule has 1 saturated heterocycles. The number of piperidine rings is 1. The summed E-state index contributed by atoms with van der Waals surface area (Å²) in [6.07, 6.45) is 2.13. The predicted octanol–water partition coefficient (Wildman–Crippen LogP) is 2.61.